The first-order valence-electron chi connectivity index (χ1n) is 6.50. The first-order valence-corrected chi connectivity index (χ1v) is 7.65. The van der Waals surface area contributed by atoms with Gasteiger partial charge >= 0.3 is 12.0 Å². The highest BCUT2D eigenvalue weighted by molar-refractivity contribution is 7.99. The van der Waals surface area contributed by atoms with Gasteiger partial charge in [-0.25, -0.2) is 4.79 Å². The Labute approximate surface area is 112 Å². The number of carboxylic acid groups (broad SMARTS) is 1. The number of rotatable bonds is 2. The Morgan fingerprint density at radius 1 is 1.17 bits per heavy atom. The molecule has 0 aliphatic carbocycles. The molecule has 0 aromatic rings. The molecule has 1 unspecified atom stereocenters. The van der Waals surface area contributed by atoms with Gasteiger partial charge in [-0.05, 0) is 24.5 Å². The number of urea groups is 1. The molecule has 2 fully saturated rings. The van der Waals surface area contributed by atoms with Gasteiger partial charge in [0.05, 0.1) is 0 Å². The first kappa shape index (κ1) is 13.5. The second-order valence-corrected chi connectivity index (χ2v) is 6.16. The third-order valence-electron chi connectivity index (χ3n) is 3.51. The molecule has 2 aliphatic heterocycles. The summed E-state index contributed by atoms with van der Waals surface area (Å²) in [5.41, 5.74) is 0. The number of aliphatic carboxylic acids is 1. The zero-order valence-corrected chi connectivity index (χ0v) is 11.3. The van der Waals surface area contributed by atoms with E-state index in [0.717, 1.165) is 37.4 Å². The summed E-state index contributed by atoms with van der Waals surface area (Å²) >= 11 is 1.90. The Balaban J connectivity index is 1.84. The van der Waals surface area contributed by atoms with E-state index in [0.29, 0.717) is 13.1 Å². The zero-order chi connectivity index (χ0) is 13.0. The molecular weight excluding hydrogens is 252 g/mol. The molecule has 102 valence electrons. The highest BCUT2D eigenvalue weighted by Gasteiger charge is 2.30. The second-order valence-electron chi connectivity index (χ2n) is 4.93. The summed E-state index contributed by atoms with van der Waals surface area (Å²) in [5.74, 6) is 1.51. The molecule has 0 radical (unpaired) electrons. The van der Waals surface area contributed by atoms with Crippen molar-refractivity contribution in [2.75, 3.05) is 37.7 Å². The summed E-state index contributed by atoms with van der Waals surface area (Å²) in [4.78, 5) is 26.7. The maximum atomic E-state index is 12.3. The van der Waals surface area contributed by atoms with E-state index in [-0.39, 0.29) is 18.4 Å². The van der Waals surface area contributed by atoms with Crippen molar-refractivity contribution in [1.29, 1.82) is 0 Å². The average Bonchev–Trinajstić information content (AvgIpc) is 2.63. The molecule has 6 heteroatoms. The second kappa shape index (κ2) is 6.31. The van der Waals surface area contributed by atoms with E-state index in [9.17, 15) is 9.59 Å². The van der Waals surface area contributed by atoms with Crippen LogP contribution in [0.25, 0.3) is 0 Å². The third-order valence-corrected chi connectivity index (χ3v) is 4.56. The van der Waals surface area contributed by atoms with Crippen molar-refractivity contribution in [2.45, 2.75) is 19.3 Å². The fourth-order valence-electron chi connectivity index (χ4n) is 2.56. The fourth-order valence-corrected chi connectivity index (χ4v) is 3.44. The lowest BCUT2D eigenvalue weighted by molar-refractivity contribution is -0.138. The summed E-state index contributed by atoms with van der Waals surface area (Å²) in [6.45, 7) is 2.98. The van der Waals surface area contributed by atoms with Crippen LogP contribution in [-0.2, 0) is 4.79 Å². The van der Waals surface area contributed by atoms with Gasteiger partial charge in [-0.1, -0.05) is 0 Å². The Bertz CT molecular complexity index is 316. The highest BCUT2D eigenvalue weighted by atomic mass is 32.2. The molecule has 0 aromatic heterocycles. The molecule has 2 heterocycles. The molecule has 1 atom stereocenters. The van der Waals surface area contributed by atoms with Crippen molar-refractivity contribution in [3.05, 3.63) is 0 Å². The lowest BCUT2D eigenvalue weighted by Crippen LogP contribution is -2.43. The Morgan fingerprint density at radius 3 is 2.78 bits per heavy atom. The quantitative estimate of drug-likeness (QED) is 0.824. The molecule has 2 aliphatic rings. The van der Waals surface area contributed by atoms with E-state index >= 15 is 0 Å². The van der Waals surface area contributed by atoms with Gasteiger partial charge in [0.25, 0.3) is 0 Å². The number of carbonyl (C=O) groups is 2. The van der Waals surface area contributed by atoms with Crippen molar-refractivity contribution in [3.63, 3.8) is 0 Å². The summed E-state index contributed by atoms with van der Waals surface area (Å²) in [6, 6.07) is 0.102. The first-order chi connectivity index (χ1) is 8.66. The van der Waals surface area contributed by atoms with Crippen molar-refractivity contribution in [3.8, 4) is 0 Å². The van der Waals surface area contributed by atoms with E-state index in [2.05, 4.69) is 0 Å². The van der Waals surface area contributed by atoms with E-state index in [1.54, 1.807) is 0 Å². The fraction of sp³-hybridized carbons (Fsp3) is 0.833. The van der Waals surface area contributed by atoms with Gasteiger partial charge in [-0.2, -0.15) is 11.8 Å². The SMILES string of the molecule is O=C(O)CC1CCN(C(=O)N2CCCSCC2)C1. The molecule has 5 nitrogen and oxygen atoms in total. The van der Waals surface area contributed by atoms with Crippen LogP contribution >= 0.6 is 11.8 Å². The van der Waals surface area contributed by atoms with Crippen LogP contribution < -0.4 is 0 Å². The van der Waals surface area contributed by atoms with Crippen LogP contribution in [0.2, 0.25) is 0 Å². The Morgan fingerprint density at radius 2 is 2.00 bits per heavy atom. The van der Waals surface area contributed by atoms with Crippen LogP contribution in [0.1, 0.15) is 19.3 Å². The lowest BCUT2D eigenvalue weighted by atomic mass is 10.1. The number of carbonyl (C=O) groups excluding carboxylic acids is 1. The van der Waals surface area contributed by atoms with Gasteiger partial charge in [0.2, 0.25) is 0 Å². The number of carboxylic acids is 1. The van der Waals surface area contributed by atoms with Gasteiger partial charge in [-0.3, -0.25) is 4.79 Å². The van der Waals surface area contributed by atoms with Crippen molar-refractivity contribution in [2.24, 2.45) is 5.92 Å². The molecule has 2 saturated heterocycles. The standard InChI is InChI=1S/C12H20N2O3S/c15-11(16)8-10-2-4-14(9-10)12(17)13-3-1-6-18-7-5-13/h10H,1-9H2,(H,15,16). The van der Waals surface area contributed by atoms with Crippen LogP contribution in [0.5, 0.6) is 0 Å². The maximum absolute atomic E-state index is 12.3. The number of hydrogen-bond acceptors (Lipinski definition) is 3. The average molecular weight is 272 g/mol. The molecule has 18 heavy (non-hydrogen) atoms. The van der Waals surface area contributed by atoms with Crippen LogP contribution in [0, 0.1) is 5.92 Å². The minimum atomic E-state index is -0.763. The number of thioether (sulfide) groups is 1. The topological polar surface area (TPSA) is 60.9 Å². The largest absolute Gasteiger partial charge is 0.481 e. The van der Waals surface area contributed by atoms with Gasteiger partial charge in [0.15, 0.2) is 0 Å². The minimum absolute atomic E-state index is 0.102. The molecule has 2 rings (SSSR count). The minimum Gasteiger partial charge on any atom is -0.481 e. The van der Waals surface area contributed by atoms with Crippen LogP contribution in [0.3, 0.4) is 0 Å². The Hall–Kier alpha value is -0.910. The predicted molar refractivity (Wildman–Crippen MR) is 70.8 cm³/mol. The van der Waals surface area contributed by atoms with E-state index in [1.807, 2.05) is 21.6 Å². The summed E-state index contributed by atoms with van der Waals surface area (Å²) < 4.78 is 0. The van der Waals surface area contributed by atoms with Crippen molar-refractivity contribution in [1.82, 2.24) is 9.80 Å². The number of hydrogen-bond donors (Lipinski definition) is 1. The zero-order valence-electron chi connectivity index (χ0n) is 10.5. The number of nitrogens with zero attached hydrogens (tertiary/aromatic N) is 2. The highest BCUT2D eigenvalue weighted by Crippen LogP contribution is 2.21. The maximum Gasteiger partial charge on any atom is 0.320 e. The molecular formula is C12H20N2O3S. The number of amides is 2. The predicted octanol–water partition coefficient (Wildman–Crippen LogP) is 1.34. The molecule has 0 spiro atoms. The van der Waals surface area contributed by atoms with Crippen LogP contribution in [0.4, 0.5) is 4.79 Å². The van der Waals surface area contributed by atoms with Crippen molar-refractivity contribution >= 4 is 23.8 Å². The monoisotopic (exact) mass is 272 g/mol. The molecule has 0 aromatic carbocycles. The van der Waals surface area contributed by atoms with Crippen LogP contribution in [-0.4, -0.2) is 64.6 Å². The Kier molecular flexibility index (Phi) is 4.74. The lowest BCUT2D eigenvalue weighted by Gasteiger charge is -2.26. The van der Waals surface area contributed by atoms with Gasteiger partial charge in [-0.15, -0.1) is 0 Å². The van der Waals surface area contributed by atoms with Gasteiger partial charge in [0.1, 0.15) is 0 Å². The summed E-state index contributed by atoms with van der Waals surface area (Å²) in [7, 11) is 0. The summed E-state index contributed by atoms with van der Waals surface area (Å²) in [6.07, 6.45) is 2.06. The molecule has 0 bridgehead atoms. The van der Waals surface area contributed by atoms with Crippen LogP contribution in [0.15, 0.2) is 0 Å². The van der Waals surface area contributed by atoms with E-state index in [1.165, 1.54) is 0 Å². The molecule has 1 N–H and O–H groups in total. The smallest absolute Gasteiger partial charge is 0.320 e. The van der Waals surface area contributed by atoms with E-state index in [4.69, 9.17) is 5.11 Å². The van der Waals surface area contributed by atoms with Gasteiger partial charge < -0.3 is 14.9 Å². The summed E-state index contributed by atoms with van der Waals surface area (Å²) in [5, 5.41) is 8.77. The van der Waals surface area contributed by atoms with Crippen molar-refractivity contribution < 1.29 is 14.7 Å². The third kappa shape index (κ3) is 3.54. The molecule has 0 saturated carbocycles. The number of likely N-dealkylation sites (tertiary alicyclic amines) is 1. The van der Waals surface area contributed by atoms with Gasteiger partial charge in [0, 0.05) is 38.4 Å². The van der Waals surface area contributed by atoms with E-state index < -0.39 is 5.97 Å². The molecule has 2 amide bonds. The normalized spacial score (nSPS) is 25.0.